The molecule has 0 unspecified atom stereocenters. The van der Waals surface area contributed by atoms with Crippen LogP contribution in [0.5, 0.6) is 0 Å². The summed E-state index contributed by atoms with van der Waals surface area (Å²) in [5, 5.41) is 37.4. The number of aromatic nitrogens is 14. The minimum absolute atomic E-state index is 0.0266. The molecule has 0 spiro atoms. The largest absolute Gasteiger partial charge is 0.416 e. The number of unbranched alkanes of at least 4 members (excludes halogenated alkanes) is 1. The smallest absolute Gasteiger partial charge is 0.334 e. The molecule has 0 amide bonds. The Morgan fingerprint density at radius 1 is 0.288 bits per heavy atom. The van der Waals surface area contributed by atoms with E-state index in [0.717, 1.165) is 111 Å². The van der Waals surface area contributed by atoms with Gasteiger partial charge in [-0.2, -0.15) is 75.0 Å². The molecular weight excluding hydrogens is 1620 g/mol. The van der Waals surface area contributed by atoms with Gasteiger partial charge in [0.25, 0.3) is 29.5 Å². The molecule has 9 heterocycles. The summed E-state index contributed by atoms with van der Waals surface area (Å²) < 4.78 is 146. The van der Waals surface area contributed by atoms with Gasteiger partial charge in [-0.15, -0.1) is 0 Å². The SMILES string of the molecule is CCCCc1ccc(-c2cc(-c3nc(-c4ccncc4)no3)cc(C(F)(F)F)c2)cc1.Cc1cc(-c2nc(-c3ccncc3)no2)ccc1C#N.Cc1ccccc1-c1noc(-c2cc(-c3ccccc3)cc(C(F)(F)F)c2)n1.N#Cc1cc(-c2nc(-c3ccncc3)no2)cc(C(F)(F)F)c1.c1ccc(-c2cccc(-c3nc(-c4ccncc4)no3)c2)cc1. The van der Waals surface area contributed by atoms with Crippen LogP contribution < -0.4 is 0 Å². The van der Waals surface area contributed by atoms with Crippen LogP contribution in [0.4, 0.5) is 39.5 Å². The number of aryl methyl sites for hydroxylation is 3. The van der Waals surface area contributed by atoms with Crippen LogP contribution in [0, 0.1) is 36.5 Å². The lowest BCUT2D eigenvalue weighted by Gasteiger charge is -2.11. The summed E-state index contributed by atoms with van der Waals surface area (Å²) in [4.78, 5) is 37.2. The van der Waals surface area contributed by atoms with Crippen LogP contribution in [-0.4, -0.2) is 70.6 Å². The minimum atomic E-state index is -4.57. The van der Waals surface area contributed by atoms with Crippen LogP contribution in [-0.2, 0) is 24.9 Å². The highest BCUT2D eigenvalue weighted by atomic mass is 19.4. The van der Waals surface area contributed by atoms with Crippen molar-refractivity contribution in [1.82, 2.24) is 70.6 Å². The lowest BCUT2D eigenvalue weighted by Crippen LogP contribution is -2.05. The van der Waals surface area contributed by atoms with E-state index in [4.69, 9.17) is 33.1 Å². The summed E-state index contributed by atoms with van der Waals surface area (Å²) in [7, 11) is 0. The Morgan fingerprint density at radius 2 is 0.624 bits per heavy atom. The molecule has 0 radical (unpaired) electrons. The van der Waals surface area contributed by atoms with Crippen molar-refractivity contribution in [3.63, 3.8) is 0 Å². The number of hydrogen-bond donors (Lipinski definition) is 0. The summed E-state index contributed by atoms with van der Waals surface area (Å²) in [5.41, 5.74) is 11.5. The topological polar surface area (TPSA) is 294 Å². The summed E-state index contributed by atoms with van der Waals surface area (Å²) in [6.07, 6.45) is 2.55. The molecule has 30 heteroatoms. The van der Waals surface area contributed by atoms with Crippen molar-refractivity contribution in [2.75, 3.05) is 0 Å². The van der Waals surface area contributed by atoms with Crippen LogP contribution in [0.1, 0.15) is 64.3 Å². The number of nitriles is 2. The minimum Gasteiger partial charge on any atom is -0.334 e. The second-order valence-electron chi connectivity index (χ2n) is 27.6. The van der Waals surface area contributed by atoms with Crippen molar-refractivity contribution in [1.29, 1.82) is 10.5 Å². The highest BCUT2D eigenvalue weighted by molar-refractivity contribution is 5.76. The lowest BCUT2D eigenvalue weighted by atomic mass is 9.97. The number of rotatable bonds is 16. The van der Waals surface area contributed by atoms with Gasteiger partial charge >= 0.3 is 18.5 Å². The Balaban J connectivity index is 0.000000128. The van der Waals surface area contributed by atoms with Crippen molar-refractivity contribution in [2.45, 2.75) is 58.6 Å². The van der Waals surface area contributed by atoms with E-state index in [1.165, 1.54) is 18.5 Å². The summed E-state index contributed by atoms with van der Waals surface area (Å²) in [6, 6.07) is 76.0. The van der Waals surface area contributed by atoms with Gasteiger partial charge < -0.3 is 22.6 Å². The van der Waals surface area contributed by atoms with Gasteiger partial charge in [0, 0.05) is 105 Å². The van der Waals surface area contributed by atoms with Crippen molar-refractivity contribution >= 4 is 0 Å². The zero-order chi connectivity index (χ0) is 87.5. The zero-order valence-corrected chi connectivity index (χ0v) is 66.1. The highest BCUT2D eigenvalue weighted by Gasteiger charge is 2.35. The van der Waals surface area contributed by atoms with Gasteiger partial charge in [0.05, 0.1) is 40.0 Å². The van der Waals surface area contributed by atoms with Crippen LogP contribution >= 0.6 is 0 Å². The van der Waals surface area contributed by atoms with Crippen LogP contribution in [0.3, 0.4) is 0 Å². The molecule has 0 bridgehead atoms. The number of hydrogen-bond acceptors (Lipinski definition) is 21. The number of alkyl halides is 9. The van der Waals surface area contributed by atoms with E-state index in [9.17, 15) is 39.5 Å². The molecule has 0 N–H and O–H groups in total. The molecule has 618 valence electrons. The van der Waals surface area contributed by atoms with Crippen molar-refractivity contribution in [2.24, 2.45) is 0 Å². The lowest BCUT2D eigenvalue weighted by molar-refractivity contribution is -0.138. The van der Waals surface area contributed by atoms with Crippen molar-refractivity contribution in [3.8, 4) is 160 Å². The standard InChI is InChI=1S/C24H20F3N3O.C22H15F3N2O.C19H13N3O.C15H7F3N4O.C15H10N4O/c1-2-3-4-16-5-7-17(8-6-16)19-13-20(15-21(14-19)24(25,26)27)23-29-22(30-31-23)18-9-11-28-12-10-18;1-14-7-5-6-10-19(14)20-26-21(28-27-20)17-11-16(15-8-3-2-4-9-15)12-18(13-17)22(23,24)25;1-2-5-14(6-3-1)16-7-4-8-17(13-16)19-21-18(22-23-19)15-9-11-20-12-10-15;16-15(17,18)12-6-9(8-19)5-11(7-12)14-21-13(22-23-14)10-1-3-20-4-2-10;1-10-8-12(2-3-13(10)9-16)15-18-14(19-20-15)11-4-6-17-7-5-11/h5-15H,2-4H2,1H3;2-13H,1H3;1-13H;1-7H;2-8H,1H3. The molecule has 18 rings (SSSR count). The van der Waals surface area contributed by atoms with Gasteiger partial charge in [0.1, 0.15) is 0 Å². The van der Waals surface area contributed by atoms with E-state index in [1.807, 2.05) is 129 Å². The second kappa shape index (κ2) is 38.8. The van der Waals surface area contributed by atoms with Crippen LogP contribution in [0.2, 0.25) is 0 Å². The fraction of sp³-hybridized carbons (Fsp3) is 0.0947. The first-order valence-electron chi connectivity index (χ1n) is 38.3. The van der Waals surface area contributed by atoms with E-state index in [2.05, 4.69) is 108 Å². The van der Waals surface area contributed by atoms with Gasteiger partial charge in [0.15, 0.2) is 0 Å². The number of benzene rings is 9. The molecule has 21 nitrogen and oxygen atoms in total. The summed E-state index contributed by atoms with van der Waals surface area (Å²) in [6.45, 7) is 5.90. The van der Waals surface area contributed by atoms with E-state index in [-0.39, 0.29) is 51.6 Å². The molecule has 0 atom stereocenters. The number of pyridine rings is 4. The van der Waals surface area contributed by atoms with Crippen LogP contribution in [0.15, 0.2) is 327 Å². The van der Waals surface area contributed by atoms with E-state index in [1.54, 1.807) is 116 Å². The second-order valence-corrected chi connectivity index (χ2v) is 27.6. The molecule has 0 saturated carbocycles. The molecule has 0 saturated heterocycles. The number of halogens is 9. The highest BCUT2D eigenvalue weighted by Crippen LogP contribution is 2.41. The summed E-state index contributed by atoms with van der Waals surface area (Å²) >= 11 is 0. The molecule has 9 aromatic heterocycles. The fourth-order valence-corrected chi connectivity index (χ4v) is 12.5. The van der Waals surface area contributed by atoms with Crippen molar-refractivity contribution < 1.29 is 62.1 Å². The van der Waals surface area contributed by atoms with Gasteiger partial charge in [-0.1, -0.05) is 160 Å². The molecular formula is C95H65F9N16O5. The Hall–Kier alpha value is -16.4. The first kappa shape index (κ1) is 85.1. The van der Waals surface area contributed by atoms with E-state index in [0.29, 0.717) is 68.2 Å². The molecule has 0 fully saturated rings. The maximum Gasteiger partial charge on any atom is 0.416 e. The predicted octanol–water partition coefficient (Wildman–Crippen LogP) is 24.4. The molecule has 0 aliphatic heterocycles. The molecule has 125 heavy (non-hydrogen) atoms. The molecule has 18 aromatic rings. The molecule has 9 aromatic carbocycles. The first-order valence-corrected chi connectivity index (χ1v) is 38.3. The van der Waals surface area contributed by atoms with E-state index >= 15 is 0 Å². The first-order chi connectivity index (χ1) is 60.5. The van der Waals surface area contributed by atoms with Gasteiger partial charge in [-0.05, 0) is 210 Å². The van der Waals surface area contributed by atoms with Gasteiger partial charge in [0.2, 0.25) is 29.1 Å². The van der Waals surface area contributed by atoms with Crippen molar-refractivity contribution in [3.05, 3.63) is 349 Å². The van der Waals surface area contributed by atoms with Crippen LogP contribution in [0.25, 0.3) is 148 Å². The van der Waals surface area contributed by atoms with E-state index < -0.39 is 35.2 Å². The van der Waals surface area contributed by atoms with Gasteiger partial charge in [-0.3, -0.25) is 19.9 Å². The normalized spacial score (nSPS) is 11.1. The third kappa shape index (κ3) is 21.8. The van der Waals surface area contributed by atoms with Gasteiger partial charge in [-0.25, -0.2) is 0 Å². The monoisotopic (exact) mass is 1680 g/mol. The summed E-state index contributed by atoms with van der Waals surface area (Å²) in [5.74, 6) is 2.84. The predicted molar refractivity (Wildman–Crippen MR) is 446 cm³/mol. The maximum absolute atomic E-state index is 13.6. The zero-order valence-electron chi connectivity index (χ0n) is 66.1. The average molecular weight is 1680 g/mol. The Labute approximate surface area is 707 Å². The average Bonchev–Trinajstić information content (AvgIpc) is 1.68. The third-order valence-corrected chi connectivity index (χ3v) is 18.9. The fourth-order valence-electron chi connectivity index (χ4n) is 12.5. The Morgan fingerprint density at radius 3 is 1.03 bits per heavy atom. The Bertz CT molecular complexity index is 6740. The maximum atomic E-state index is 13.6. The molecule has 0 aliphatic rings. The molecule has 0 aliphatic carbocycles. The number of nitrogens with zero attached hydrogens (tertiary/aromatic N) is 16. The quantitative estimate of drug-likeness (QED) is 0.0812. The third-order valence-electron chi connectivity index (χ3n) is 18.9. The Kier molecular flexibility index (Phi) is 26.4.